The molecule has 2 unspecified atom stereocenters. The standard InChI is InChI=1S/C17H19N7O/c18-5-3-14(10-1-2-11(25)7-10)24-8-13(16(19)23-24)15-12-4-6-20-17(12)22-9-21-15/h4,6,8-11,14,25H,1-3,7H2,(H2,19,23)(H,20,21,22)/t10?,11-,14?/m1/s1. The average molecular weight is 337 g/mol. The normalized spacial score (nSPS) is 21.4. The third-order valence-electron chi connectivity index (χ3n) is 5.00. The van der Waals surface area contributed by atoms with Gasteiger partial charge in [-0.1, -0.05) is 0 Å². The molecule has 1 aliphatic rings. The molecule has 0 radical (unpaired) electrons. The van der Waals surface area contributed by atoms with Crippen molar-refractivity contribution in [2.45, 2.75) is 37.8 Å². The molecular weight excluding hydrogens is 318 g/mol. The molecule has 0 aliphatic heterocycles. The number of nitrogen functional groups attached to an aromatic ring is 1. The van der Waals surface area contributed by atoms with E-state index < -0.39 is 0 Å². The molecule has 4 rings (SSSR count). The number of hydrogen-bond donors (Lipinski definition) is 3. The van der Waals surface area contributed by atoms with Crippen LogP contribution in [0.25, 0.3) is 22.3 Å². The number of fused-ring (bicyclic) bond motifs is 1. The van der Waals surface area contributed by atoms with E-state index in [-0.39, 0.29) is 18.1 Å². The van der Waals surface area contributed by atoms with Crippen molar-refractivity contribution in [1.29, 1.82) is 5.26 Å². The highest BCUT2D eigenvalue weighted by Gasteiger charge is 2.32. The maximum atomic E-state index is 9.84. The van der Waals surface area contributed by atoms with Gasteiger partial charge in [-0.05, 0) is 31.2 Å². The topological polar surface area (TPSA) is 129 Å². The van der Waals surface area contributed by atoms with Crippen molar-refractivity contribution in [1.82, 2.24) is 24.7 Å². The molecule has 1 aliphatic carbocycles. The first kappa shape index (κ1) is 15.6. The van der Waals surface area contributed by atoms with E-state index in [0.717, 1.165) is 35.1 Å². The summed E-state index contributed by atoms with van der Waals surface area (Å²) in [5.41, 5.74) is 8.35. The highest BCUT2D eigenvalue weighted by Crippen LogP contribution is 2.38. The van der Waals surface area contributed by atoms with E-state index in [4.69, 9.17) is 5.73 Å². The Morgan fingerprint density at radius 3 is 3.08 bits per heavy atom. The van der Waals surface area contributed by atoms with E-state index in [1.54, 1.807) is 4.68 Å². The summed E-state index contributed by atoms with van der Waals surface area (Å²) < 4.78 is 1.77. The summed E-state index contributed by atoms with van der Waals surface area (Å²) in [7, 11) is 0. The number of aromatic nitrogens is 5. The Bertz CT molecular complexity index is 938. The van der Waals surface area contributed by atoms with Crippen LogP contribution in [0.5, 0.6) is 0 Å². The van der Waals surface area contributed by atoms with Gasteiger partial charge in [-0.15, -0.1) is 0 Å². The number of nitrogens with one attached hydrogen (secondary N) is 1. The third-order valence-corrected chi connectivity index (χ3v) is 5.00. The predicted molar refractivity (Wildman–Crippen MR) is 92.1 cm³/mol. The molecule has 3 atom stereocenters. The van der Waals surface area contributed by atoms with Crippen LogP contribution in [0.2, 0.25) is 0 Å². The summed E-state index contributed by atoms with van der Waals surface area (Å²) in [4.78, 5) is 11.6. The number of rotatable bonds is 4. The van der Waals surface area contributed by atoms with Crippen LogP contribution < -0.4 is 5.73 Å². The summed E-state index contributed by atoms with van der Waals surface area (Å²) in [6.45, 7) is 0. The first-order valence-corrected chi connectivity index (χ1v) is 8.35. The van der Waals surface area contributed by atoms with Gasteiger partial charge in [0.05, 0.1) is 35.9 Å². The Labute approximate surface area is 144 Å². The molecule has 25 heavy (non-hydrogen) atoms. The van der Waals surface area contributed by atoms with E-state index in [9.17, 15) is 10.4 Å². The second-order valence-electron chi connectivity index (χ2n) is 6.53. The van der Waals surface area contributed by atoms with Crippen molar-refractivity contribution >= 4 is 16.9 Å². The Morgan fingerprint density at radius 1 is 1.44 bits per heavy atom. The first-order chi connectivity index (χ1) is 12.2. The fourth-order valence-corrected chi connectivity index (χ4v) is 3.76. The van der Waals surface area contributed by atoms with Gasteiger partial charge in [0, 0.05) is 17.8 Å². The minimum Gasteiger partial charge on any atom is -0.393 e. The summed E-state index contributed by atoms with van der Waals surface area (Å²) in [5.74, 6) is 0.599. The highest BCUT2D eigenvalue weighted by molar-refractivity contribution is 5.92. The number of nitriles is 1. The number of nitrogens with zero attached hydrogens (tertiary/aromatic N) is 5. The van der Waals surface area contributed by atoms with Crippen molar-refractivity contribution in [2.24, 2.45) is 5.92 Å². The van der Waals surface area contributed by atoms with Crippen molar-refractivity contribution < 1.29 is 5.11 Å². The van der Waals surface area contributed by atoms with Crippen LogP contribution in [0, 0.1) is 17.2 Å². The number of H-pyrrole nitrogens is 1. The summed E-state index contributed by atoms with van der Waals surface area (Å²) in [6.07, 6.45) is 7.55. The van der Waals surface area contributed by atoms with E-state index in [1.165, 1.54) is 6.33 Å². The van der Waals surface area contributed by atoms with Crippen LogP contribution in [-0.2, 0) is 0 Å². The fraction of sp³-hybridized carbons (Fsp3) is 0.412. The third kappa shape index (κ3) is 2.72. The van der Waals surface area contributed by atoms with Gasteiger partial charge in [0.25, 0.3) is 0 Å². The molecule has 0 aromatic carbocycles. The maximum absolute atomic E-state index is 9.84. The number of nitrogens with two attached hydrogens (primary N) is 1. The molecule has 1 fully saturated rings. The number of anilines is 1. The molecule has 3 aromatic heterocycles. The second kappa shape index (κ2) is 6.18. The van der Waals surface area contributed by atoms with Gasteiger partial charge in [0.2, 0.25) is 0 Å². The minimum absolute atomic E-state index is 0.0956. The van der Waals surface area contributed by atoms with Crippen LogP contribution in [-0.4, -0.2) is 35.9 Å². The van der Waals surface area contributed by atoms with Crippen LogP contribution >= 0.6 is 0 Å². The van der Waals surface area contributed by atoms with Crippen LogP contribution in [0.15, 0.2) is 24.8 Å². The van der Waals surface area contributed by atoms with Crippen molar-refractivity contribution in [3.63, 3.8) is 0 Å². The van der Waals surface area contributed by atoms with E-state index in [1.807, 2.05) is 18.5 Å². The average Bonchev–Trinajstić information content (AvgIpc) is 3.32. The van der Waals surface area contributed by atoms with Gasteiger partial charge >= 0.3 is 0 Å². The fourth-order valence-electron chi connectivity index (χ4n) is 3.76. The maximum Gasteiger partial charge on any atom is 0.154 e. The Hall–Kier alpha value is -2.92. The number of aliphatic hydroxyl groups is 1. The molecule has 128 valence electrons. The number of hydrogen-bond acceptors (Lipinski definition) is 6. The lowest BCUT2D eigenvalue weighted by molar-refractivity contribution is 0.170. The van der Waals surface area contributed by atoms with Crippen LogP contribution in [0.3, 0.4) is 0 Å². The molecular formula is C17H19N7O. The molecule has 4 N–H and O–H groups in total. The molecule has 8 heteroatoms. The zero-order valence-corrected chi connectivity index (χ0v) is 13.6. The van der Waals surface area contributed by atoms with Crippen LogP contribution in [0.1, 0.15) is 31.7 Å². The Kier molecular flexibility index (Phi) is 3.86. The Morgan fingerprint density at radius 2 is 2.32 bits per heavy atom. The van der Waals surface area contributed by atoms with Gasteiger partial charge in [0.15, 0.2) is 5.82 Å². The minimum atomic E-state index is -0.292. The molecule has 0 saturated heterocycles. The SMILES string of the molecule is N#CCC(C1CC[C@@H](O)C1)n1cc(-c2ncnc3[nH]ccc23)c(N)n1. The van der Waals surface area contributed by atoms with Crippen molar-refractivity contribution in [3.05, 3.63) is 24.8 Å². The zero-order chi connectivity index (χ0) is 17.4. The van der Waals surface area contributed by atoms with Gasteiger partial charge in [0.1, 0.15) is 12.0 Å². The van der Waals surface area contributed by atoms with Gasteiger partial charge in [-0.25, -0.2) is 9.97 Å². The zero-order valence-electron chi connectivity index (χ0n) is 13.6. The van der Waals surface area contributed by atoms with Crippen molar-refractivity contribution in [3.8, 4) is 17.3 Å². The number of aromatic amines is 1. The van der Waals surface area contributed by atoms with Crippen LogP contribution in [0.4, 0.5) is 5.82 Å². The Balaban J connectivity index is 1.74. The summed E-state index contributed by atoms with van der Waals surface area (Å²) >= 11 is 0. The first-order valence-electron chi connectivity index (χ1n) is 8.35. The smallest absolute Gasteiger partial charge is 0.154 e. The van der Waals surface area contributed by atoms with E-state index in [2.05, 4.69) is 26.1 Å². The largest absolute Gasteiger partial charge is 0.393 e. The molecule has 0 amide bonds. The van der Waals surface area contributed by atoms with Gasteiger partial charge < -0.3 is 15.8 Å². The predicted octanol–water partition coefficient (Wildman–Crippen LogP) is 2.02. The van der Waals surface area contributed by atoms with E-state index >= 15 is 0 Å². The quantitative estimate of drug-likeness (QED) is 0.668. The van der Waals surface area contributed by atoms with Gasteiger partial charge in [-0.2, -0.15) is 10.4 Å². The molecule has 3 heterocycles. The highest BCUT2D eigenvalue weighted by atomic mass is 16.3. The second-order valence-corrected chi connectivity index (χ2v) is 6.53. The van der Waals surface area contributed by atoms with E-state index in [0.29, 0.717) is 18.7 Å². The van der Waals surface area contributed by atoms with Crippen molar-refractivity contribution in [2.75, 3.05) is 5.73 Å². The molecule has 3 aromatic rings. The molecule has 0 bridgehead atoms. The monoisotopic (exact) mass is 337 g/mol. The lowest BCUT2D eigenvalue weighted by Gasteiger charge is -2.21. The summed E-state index contributed by atoms with van der Waals surface area (Å²) in [5, 5.41) is 24.4. The summed E-state index contributed by atoms with van der Waals surface area (Å²) in [6, 6.07) is 4.05. The lowest BCUT2D eigenvalue weighted by Crippen LogP contribution is -2.18. The molecule has 8 nitrogen and oxygen atoms in total. The lowest BCUT2D eigenvalue weighted by atomic mass is 9.96. The number of aliphatic hydroxyl groups excluding tert-OH is 1. The van der Waals surface area contributed by atoms with Gasteiger partial charge in [-0.3, -0.25) is 4.68 Å². The molecule has 1 saturated carbocycles. The molecule has 0 spiro atoms.